The Morgan fingerprint density at radius 3 is 2.82 bits per heavy atom. The zero-order chi connectivity index (χ0) is 12.1. The smallest absolute Gasteiger partial charge is 0.0223 e. The van der Waals surface area contributed by atoms with Crippen molar-refractivity contribution in [1.29, 1.82) is 0 Å². The zero-order valence-electron chi connectivity index (χ0n) is 11.6. The summed E-state index contributed by atoms with van der Waals surface area (Å²) in [6.45, 7) is 9.67. The largest absolute Gasteiger partial charge is 0.315 e. The Hall–Kier alpha value is -0.120. The second kappa shape index (κ2) is 6.72. The van der Waals surface area contributed by atoms with Crippen LogP contribution in [0, 0.1) is 5.92 Å². The van der Waals surface area contributed by atoms with E-state index in [0.29, 0.717) is 0 Å². The lowest BCUT2D eigenvalue weighted by Gasteiger charge is -2.27. The molecule has 0 amide bonds. The third-order valence-electron chi connectivity index (χ3n) is 4.23. The molecule has 1 saturated carbocycles. The van der Waals surface area contributed by atoms with Gasteiger partial charge in [-0.15, -0.1) is 0 Å². The van der Waals surface area contributed by atoms with Gasteiger partial charge in [-0.3, -0.25) is 4.90 Å². The van der Waals surface area contributed by atoms with Crippen molar-refractivity contribution in [2.75, 3.05) is 46.3 Å². The van der Waals surface area contributed by atoms with Gasteiger partial charge in [0, 0.05) is 25.7 Å². The number of likely N-dealkylation sites (N-methyl/N-ethyl adjacent to an activating group) is 2. The van der Waals surface area contributed by atoms with E-state index in [0.717, 1.165) is 18.5 Å². The first kappa shape index (κ1) is 13.3. The molecule has 2 rings (SSSR count). The molecule has 2 aliphatic rings. The van der Waals surface area contributed by atoms with Gasteiger partial charge in [-0.2, -0.15) is 0 Å². The van der Waals surface area contributed by atoms with Crippen molar-refractivity contribution in [3.63, 3.8) is 0 Å². The molecule has 3 nitrogen and oxygen atoms in total. The van der Waals surface area contributed by atoms with Crippen LogP contribution in [0.2, 0.25) is 0 Å². The van der Waals surface area contributed by atoms with E-state index in [1.54, 1.807) is 0 Å². The van der Waals surface area contributed by atoms with Crippen LogP contribution in [0.5, 0.6) is 0 Å². The fourth-order valence-corrected chi connectivity index (χ4v) is 2.87. The second-order valence-corrected chi connectivity index (χ2v) is 5.83. The predicted molar refractivity (Wildman–Crippen MR) is 73.4 cm³/mol. The van der Waals surface area contributed by atoms with Crippen LogP contribution in [0.3, 0.4) is 0 Å². The first-order valence-corrected chi connectivity index (χ1v) is 7.43. The van der Waals surface area contributed by atoms with Crippen molar-refractivity contribution in [3.05, 3.63) is 0 Å². The summed E-state index contributed by atoms with van der Waals surface area (Å²) in [6, 6.07) is 0.813. The number of hydrogen-bond acceptors (Lipinski definition) is 3. The summed E-state index contributed by atoms with van der Waals surface area (Å²) >= 11 is 0. The molecule has 17 heavy (non-hydrogen) atoms. The average molecular weight is 239 g/mol. The first-order valence-electron chi connectivity index (χ1n) is 7.43. The maximum absolute atomic E-state index is 3.57. The summed E-state index contributed by atoms with van der Waals surface area (Å²) in [5, 5.41) is 3.57. The van der Waals surface area contributed by atoms with E-state index in [9.17, 15) is 0 Å². The van der Waals surface area contributed by atoms with Gasteiger partial charge in [0.1, 0.15) is 0 Å². The quantitative estimate of drug-likeness (QED) is 0.646. The van der Waals surface area contributed by atoms with Crippen LogP contribution in [-0.2, 0) is 0 Å². The second-order valence-electron chi connectivity index (χ2n) is 5.83. The molecule has 0 aromatic carbocycles. The Labute approximate surface area is 107 Å². The Morgan fingerprint density at radius 1 is 1.29 bits per heavy atom. The summed E-state index contributed by atoms with van der Waals surface area (Å²) in [4.78, 5) is 5.13. The molecule has 1 heterocycles. The highest BCUT2D eigenvalue weighted by Crippen LogP contribution is 2.27. The molecule has 100 valence electrons. The molecule has 0 radical (unpaired) electrons. The lowest BCUT2D eigenvalue weighted by atomic mass is 10.2. The Balaban J connectivity index is 1.54. The van der Waals surface area contributed by atoms with Crippen molar-refractivity contribution in [2.45, 2.75) is 38.6 Å². The monoisotopic (exact) mass is 239 g/mol. The van der Waals surface area contributed by atoms with E-state index in [4.69, 9.17) is 0 Å². The Kier molecular flexibility index (Phi) is 5.26. The molecule has 1 aliphatic carbocycles. The molecule has 0 spiro atoms. The lowest BCUT2D eigenvalue weighted by Crippen LogP contribution is -2.41. The van der Waals surface area contributed by atoms with Crippen molar-refractivity contribution in [2.24, 2.45) is 5.92 Å². The number of nitrogens with zero attached hydrogens (tertiary/aromatic N) is 2. The minimum absolute atomic E-state index is 0.813. The number of nitrogens with one attached hydrogen (secondary N) is 1. The molecule has 0 aromatic heterocycles. The zero-order valence-corrected chi connectivity index (χ0v) is 11.6. The van der Waals surface area contributed by atoms with E-state index in [2.05, 4.69) is 29.1 Å². The number of likely N-dealkylation sites (tertiary alicyclic amines) is 1. The van der Waals surface area contributed by atoms with Gasteiger partial charge in [0.15, 0.2) is 0 Å². The number of rotatable bonds is 8. The van der Waals surface area contributed by atoms with Crippen molar-refractivity contribution in [3.8, 4) is 0 Å². The van der Waals surface area contributed by atoms with E-state index in [1.807, 2.05) is 0 Å². The van der Waals surface area contributed by atoms with Gasteiger partial charge < -0.3 is 10.2 Å². The Bertz CT molecular complexity index is 216. The molecule has 2 fully saturated rings. The molecular weight excluding hydrogens is 210 g/mol. The van der Waals surface area contributed by atoms with Crippen LogP contribution in [0.1, 0.15) is 32.6 Å². The predicted octanol–water partition coefficient (Wildman–Crippen LogP) is 1.40. The van der Waals surface area contributed by atoms with Crippen LogP contribution in [0.4, 0.5) is 0 Å². The van der Waals surface area contributed by atoms with E-state index in [-0.39, 0.29) is 0 Å². The summed E-state index contributed by atoms with van der Waals surface area (Å²) in [5.74, 6) is 1.01. The van der Waals surface area contributed by atoms with Crippen molar-refractivity contribution in [1.82, 2.24) is 15.1 Å². The van der Waals surface area contributed by atoms with Gasteiger partial charge in [-0.05, 0) is 58.3 Å². The highest BCUT2D eigenvalue weighted by atomic mass is 15.2. The van der Waals surface area contributed by atoms with Crippen molar-refractivity contribution >= 4 is 0 Å². The fourth-order valence-electron chi connectivity index (χ4n) is 2.87. The summed E-state index contributed by atoms with van der Waals surface area (Å²) in [7, 11) is 2.27. The molecular formula is C14H29N3. The minimum Gasteiger partial charge on any atom is -0.315 e. The van der Waals surface area contributed by atoms with E-state index in [1.165, 1.54) is 58.4 Å². The molecule has 1 saturated heterocycles. The standard InChI is InChI=1S/C14H29N3/c1-3-17-9-4-5-14(17)12-16(2)10-8-15-11-13-6-7-13/h13-15H,3-12H2,1-2H3. The maximum atomic E-state index is 3.57. The first-order chi connectivity index (χ1) is 8.29. The lowest BCUT2D eigenvalue weighted by molar-refractivity contribution is 0.199. The highest BCUT2D eigenvalue weighted by molar-refractivity contribution is 4.81. The maximum Gasteiger partial charge on any atom is 0.0223 e. The third kappa shape index (κ3) is 4.57. The van der Waals surface area contributed by atoms with Gasteiger partial charge in [-0.1, -0.05) is 6.92 Å². The van der Waals surface area contributed by atoms with Gasteiger partial charge >= 0.3 is 0 Å². The van der Waals surface area contributed by atoms with Crippen LogP contribution in [0.15, 0.2) is 0 Å². The Morgan fingerprint density at radius 2 is 2.12 bits per heavy atom. The molecule has 1 atom stereocenters. The van der Waals surface area contributed by atoms with Gasteiger partial charge in [0.05, 0.1) is 0 Å². The molecule has 1 N–H and O–H groups in total. The molecule has 1 unspecified atom stereocenters. The molecule has 1 aliphatic heterocycles. The topological polar surface area (TPSA) is 18.5 Å². The molecule has 0 aromatic rings. The number of hydrogen-bond donors (Lipinski definition) is 1. The SMILES string of the molecule is CCN1CCCC1CN(C)CCNCC1CC1. The molecule has 0 bridgehead atoms. The minimum atomic E-state index is 0.813. The highest BCUT2D eigenvalue weighted by Gasteiger charge is 2.24. The van der Waals surface area contributed by atoms with E-state index >= 15 is 0 Å². The van der Waals surface area contributed by atoms with Crippen LogP contribution in [-0.4, -0.2) is 62.2 Å². The van der Waals surface area contributed by atoms with Crippen LogP contribution in [0.25, 0.3) is 0 Å². The van der Waals surface area contributed by atoms with Crippen LogP contribution < -0.4 is 5.32 Å². The van der Waals surface area contributed by atoms with Gasteiger partial charge in [0.25, 0.3) is 0 Å². The fraction of sp³-hybridized carbons (Fsp3) is 1.00. The van der Waals surface area contributed by atoms with Crippen molar-refractivity contribution < 1.29 is 0 Å². The van der Waals surface area contributed by atoms with Gasteiger partial charge in [0.2, 0.25) is 0 Å². The normalized spacial score (nSPS) is 25.9. The average Bonchev–Trinajstić information content (AvgIpc) is 3.04. The summed E-state index contributed by atoms with van der Waals surface area (Å²) in [6.07, 6.45) is 5.70. The van der Waals surface area contributed by atoms with Gasteiger partial charge in [-0.25, -0.2) is 0 Å². The van der Waals surface area contributed by atoms with E-state index < -0.39 is 0 Å². The summed E-state index contributed by atoms with van der Waals surface area (Å²) < 4.78 is 0. The summed E-state index contributed by atoms with van der Waals surface area (Å²) in [5.41, 5.74) is 0. The third-order valence-corrected chi connectivity index (χ3v) is 4.23. The molecule has 3 heteroatoms. The van der Waals surface area contributed by atoms with Crippen LogP contribution >= 0.6 is 0 Å².